The molecule has 0 unspecified atom stereocenters. The van der Waals surface area contributed by atoms with Gasteiger partial charge < -0.3 is 9.64 Å². The number of anilines is 1. The number of carbonyl (C=O) groups is 1. The number of carbonyl (C=O) groups excluding carboxylic acids is 1. The van der Waals surface area contributed by atoms with Crippen LogP contribution in [0.15, 0.2) is 18.3 Å². The summed E-state index contributed by atoms with van der Waals surface area (Å²) in [7, 11) is 7.30. The first-order chi connectivity index (χ1) is 13.3. The van der Waals surface area contributed by atoms with Crippen LogP contribution < -0.4 is 9.64 Å². The van der Waals surface area contributed by atoms with E-state index in [1.165, 1.54) is 18.4 Å². The maximum Gasteiger partial charge on any atom is 0.267 e. The van der Waals surface area contributed by atoms with Gasteiger partial charge in [-0.25, -0.2) is 4.98 Å². The highest BCUT2D eigenvalue weighted by molar-refractivity contribution is 7.22. The van der Waals surface area contributed by atoms with Gasteiger partial charge >= 0.3 is 0 Å². The van der Waals surface area contributed by atoms with Crippen LogP contribution >= 0.6 is 22.9 Å². The highest BCUT2D eigenvalue weighted by Crippen LogP contribution is 2.34. The largest absolute Gasteiger partial charge is 0.479 e. The minimum absolute atomic E-state index is 0.175. The highest BCUT2D eigenvalue weighted by Gasteiger charge is 2.26. The van der Waals surface area contributed by atoms with Crippen molar-refractivity contribution >= 4 is 44.2 Å². The van der Waals surface area contributed by atoms with Crippen LogP contribution in [0.3, 0.4) is 0 Å². The summed E-state index contributed by atoms with van der Waals surface area (Å²) in [5.74, 6) is 0.136. The minimum Gasteiger partial charge on any atom is -0.479 e. The quantitative estimate of drug-likeness (QED) is 0.583. The third kappa shape index (κ3) is 4.14. The van der Waals surface area contributed by atoms with Crippen molar-refractivity contribution in [1.29, 1.82) is 0 Å². The van der Waals surface area contributed by atoms with Gasteiger partial charge in [-0.3, -0.25) is 14.4 Å². The summed E-state index contributed by atoms with van der Waals surface area (Å²) >= 11 is 7.73. The number of benzene rings is 1. The normalized spacial score (nSPS) is 11.4. The summed E-state index contributed by atoms with van der Waals surface area (Å²) in [4.78, 5) is 21.9. The zero-order valence-corrected chi connectivity index (χ0v) is 18.3. The molecular weight excluding hydrogens is 398 g/mol. The Bertz CT molecular complexity index is 998. The van der Waals surface area contributed by atoms with Crippen LogP contribution in [0, 0.1) is 6.92 Å². The third-order valence-corrected chi connectivity index (χ3v) is 5.87. The first kappa shape index (κ1) is 20.6. The van der Waals surface area contributed by atoms with E-state index in [1.54, 1.807) is 22.8 Å². The van der Waals surface area contributed by atoms with Crippen molar-refractivity contribution in [3.05, 3.63) is 34.5 Å². The fourth-order valence-electron chi connectivity index (χ4n) is 2.94. The van der Waals surface area contributed by atoms with Crippen molar-refractivity contribution in [2.24, 2.45) is 7.05 Å². The molecule has 9 heteroatoms. The number of halogens is 1. The second kappa shape index (κ2) is 8.46. The van der Waals surface area contributed by atoms with Gasteiger partial charge in [0.15, 0.2) is 5.13 Å². The average Bonchev–Trinajstić information content (AvgIpc) is 3.25. The minimum atomic E-state index is -0.175. The molecular formula is C19H24ClN5O2S. The molecule has 0 aliphatic rings. The summed E-state index contributed by atoms with van der Waals surface area (Å²) < 4.78 is 7.86. The van der Waals surface area contributed by atoms with E-state index in [4.69, 9.17) is 21.3 Å². The van der Waals surface area contributed by atoms with Crippen LogP contribution in [0.1, 0.15) is 22.3 Å². The molecule has 3 rings (SSSR count). The Labute approximate surface area is 173 Å². The number of hydrogen-bond acceptors (Lipinski definition) is 6. The lowest BCUT2D eigenvalue weighted by Gasteiger charge is -2.20. The van der Waals surface area contributed by atoms with E-state index in [2.05, 4.69) is 10.00 Å². The van der Waals surface area contributed by atoms with Crippen molar-refractivity contribution in [3.63, 3.8) is 0 Å². The number of hydrogen-bond donors (Lipinski definition) is 0. The number of rotatable bonds is 7. The Morgan fingerprint density at radius 1 is 1.32 bits per heavy atom. The van der Waals surface area contributed by atoms with E-state index in [9.17, 15) is 4.79 Å². The first-order valence-corrected chi connectivity index (χ1v) is 10.1. The Morgan fingerprint density at radius 3 is 2.75 bits per heavy atom. The van der Waals surface area contributed by atoms with Crippen LogP contribution in [0.5, 0.6) is 5.88 Å². The van der Waals surface area contributed by atoms with Crippen LogP contribution in [0.25, 0.3) is 10.2 Å². The van der Waals surface area contributed by atoms with Gasteiger partial charge in [0.05, 0.1) is 17.3 Å². The average molecular weight is 422 g/mol. The molecule has 7 nitrogen and oxygen atoms in total. The van der Waals surface area contributed by atoms with Crippen molar-refractivity contribution in [3.8, 4) is 5.88 Å². The zero-order valence-electron chi connectivity index (χ0n) is 16.7. The third-order valence-electron chi connectivity index (χ3n) is 4.42. The van der Waals surface area contributed by atoms with Gasteiger partial charge in [-0.1, -0.05) is 22.9 Å². The highest BCUT2D eigenvalue weighted by atomic mass is 35.5. The Balaban J connectivity index is 2.01. The smallest absolute Gasteiger partial charge is 0.267 e. The van der Waals surface area contributed by atoms with Gasteiger partial charge in [0.2, 0.25) is 5.88 Å². The van der Waals surface area contributed by atoms with E-state index in [1.807, 2.05) is 33.2 Å². The van der Waals surface area contributed by atoms with E-state index >= 15 is 0 Å². The maximum absolute atomic E-state index is 13.4. The van der Waals surface area contributed by atoms with Gasteiger partial charge in [0.25, 0.3) is 5.91 Å². The molecule has 0 atom stereocenters. The van der Waals surface area contributed by atoms with E-state index < -0.39 is 0 Å². The Kier molecular flexibility index (Phi) is 6.22. The van der Waals surface area contributed by atoms with E-state index in [0.717, 1.165) is 28.7 Å². The summed E-state index contributed by atoms with van der Waals surface area (Å²) in [6.45, 7) is 3.35. The molecule has 0 radical (unpaired) electrons. The molecule has 28 heavy (non-hydrogen) atoms. The number of thiazole rings is 1. The maximum atomic E-state index is 13.4. The van der Waals surface area contributed by atoms with Crippen LogP contribution in [0.4, 0.5) is 5.13 Å². The van der Waals surface area contributed by atoms with Gasteiger partial charge in [-0.15, -0.1) is 5.10 Å². The van der Waals surface area contributed by atoms with Crippen LogP contribution in [-0.2, 0) is 7.05 Å². The molecule has 1 amide bonds. The summed E-state index contributed by atoms with van der Waals surface area (Å²) in [5.41, 5.74) is 2.17. The van der Waals surface area contributed by atoms with Crippen molar-refractivity contribution in [1.82, 2.24) is 19.7 Å². The predicted molar refractivity (Wildman–Crippen MR) is 114 cm³/mol. The number of amides is 1. The molecule has 0 N–H and O–H groups in total. The Morgan fingerprint density at radius 2 is 2.07 bits per heavy atom. The number of fused-ring (bicyclic) bond motifs is 1. The van der Waals surface area contributed by atoms with Crippen molar-refractivity contribution in [2.75, 3.05) is 39.2 Å². The molecule has 2 aromatic heterocycles. The molecule has 0 aliphatic carbocycles. The molecule has 3 aromatic rings. The summed E-state index contributed by atoms with van der Waals surface area (Å²) in [5, 5.41) is 5.53. The lowest BCUT2D eigenvalue weighted by Crippen LogP contribution is -2.33. The van der Waals surface area contributed by atoms with E-state index in [0.29, 0.717) is 28.1 Å². The second-order valence-electron chi connectivity index (χ2n) is 6.85. The molecule has 2 heterocycles. The fourth-order valence-corrected chi connectivity index (χ4v) is 4.15. The molecule has 0 bridgehead atoms. The zero-order chi connectivity index (χ0) is 20.4. The standard InChI is InChI=1S/C19H24ClN5O2S/c1-12-14(20)7-8-15-16(12)21-19(28-15)25(10-6-9-23(2)3)18(26)13-11-24(4)22-17(13)27-5/h7-8,11H,6,9-10H2,1-5H3. The van der Waals surface area contributed by atoms with Crippen molar-refractivity contribution in [2.45, 2.75) is 13.3 Å². The lowest BCUT2D eigenvalue weighted by atomic mass is 10.2. The molecule has 0 saturated carbocycles. The van der Waals surface area contributed by atoms with Gasteiger partial charge in [0, 0.05) is 24.8 Å². The van der Waals surface area contributed by atoms with Gasteiger partial charge in [0.1, 0.15) is 5.56 Å². The number of methoxy groups -OCH3 is 1. The second-order valence-corrected chi connectivity index (χ2v) is 8.27. The SMILES string of the molecule is COc1nn(C)cc1C(=O)N(CCCN(C)C)c1nc2c(C)c(Cl)ccc2s1. The van der Waals surface area contributed by atoms with E-state index in [-0.39, 0.29) is 5.91 Å². The van der Waals surface area contributed by atoms with Gasteiger partial charge in [-0.2, -0.15) is 0 Å². The molecule has 0 saturated heterocycles. The van der Waals surface area contributed by atoms with Crippen LogP contribution in [0.2, 0.25) is 5.02 Å². The summed E-state index contributed by atoms with van der Waals surface area (Å²) in [6.07, 6.45) is 2.49. The van der Waals surface area contributed by atoms with Crippen LogP contribution in [-0.4, -0.2) is 59.9 Å². The molecule has 0 aliphatic heterocycles. The number of nitrogens with zero attached hydrogens (tertiary/aromatic N) is 5. The monoisotopic (exact) mass is 421 g/mol. The summed E-state index contributed by atoms with van der Waals surface area (Å²) in [6, 6.07) is 3.81. The van der Waals surface area contributed by atoms with Gasteiger partial charge in [-0.05, 0) is 51.7 Å². The fraction of sp³-hybridized carbons (Fsp3) is 0.421. The first-order valence-electron chi connectivity index (χ1n) is 8.91. The topological polar surface area (TPSA) is 63.5 Å². The molecule has 0 fully saturated rings. The van der Waals surface area contributed by atoms with Crippen molar-refractivity contribution < 1.29 is 9.53 Å². The number of aromatic nitrogens is 3. The lowest BCUT2D eigenvalue weighted by molar-refractivity contribution is 0.0983. The predicted octanol–water partition coefficient (Wildman–Crippen LogP) is 3.60. The Hall–Kier alpha value is -2.16. The molecule has 1 aromatic carbocycles. The number of ether oxygens (including phenoxy) is 1. The molecule has 150 valence electrons. The molecule has 0 spiro atoms. The number of aryl methyl sites for hydroxylation is 2.